The van der Waals surface area contributed by atoms with Gasteiger partial charge in [0.1, 0.15) is 5.69 Å². The summed E-state index contributed by atoms with van der Waals surface area (Å²) in [5.41, 5.74) is 1.41. The van der Waals surface area contributed by atoms with Gasteiger partial charge in [-0.3, -0.25) is 10.1 Å². The van der Waals surface area contributed by atoms with E-state index in [1.807, 2.05) is 6.07 Å². The number of hydrogen-bond donors (Lipinski definition) is 1. The minimum Gasteiger partial charge on any atom is -0.379 e. The van der Waals surface area contributed by atoms with Crippen molar-refractivity contribution in [1.82, 2.24) is 0 Å². The number of unbranched alkanes of at least 4 members (excludes halogenated alkanes) is 2. The molecular formula is C13H16N2O2. The van der Waals surface area contributed by atoms with Crippen LogP contribution in [-0.2, 0) is 0 Å². The minimum atomic E-state index is -0.348. The number of terminal acetylenes is 1. The van der Waals surface area contributed by atoms with Crippen molar-refractivity contribution in [2.24, 2.45) is 0 Å². The number of aryl methyl sites for hydroxylation is 1. The fourth-order valence-corrected chi connectivity index (χ4v) is 1.62. The molecule has 0 fully saturated rings. The van der Waals surface area contributed by atoms with Crippen LogP contribution in [0.3, 0.4) is 0 Å². The zero-order valence-electron chi connectivity index (χ0n) is 9.90. The smallest absolute Gasteiger partial charge is 0.295 e. The van der Waals surface area contributed by atoms with Gasteiger partial charge in [0.05, 0.1) is 4.92 Å². The van der Waals surface area contributed by atoms with E-state index in [2.05, 4.69) is 11.2 Å². The maximum Gasteiger partial charge on any atom is 0.295 e. The molecule has 1 aromatic carbocycles. The Bertz CT molecular complexity index is 436. The number of nitro groups is 1. The van der Waals surface area contributed by atoms with Gasteiger partial charge in [-0.2, -0.15) is 0 Å². The van der Waals surface area contributed by atoms with Gasteiger partial charge in [-0.25, -0.2) is 0 Å². The monoisotopic (exact) mass is 232 g/mol. The third-order valence-electron chi connectivity index (χ3n) is 2.48. The van der Waals surface area contributed by atoms with Gasteiger partial charge in [0, 0.05) is 18.5 Å². The van der Waals surface area contributed by atoms with Crippen LogP contribution in [0, 0.1) is 29.4 Å². The van der Waals surface area contributed by atoms with Crippen LogP contribution < -0.4 is 5.32 Å². The Balaban J connectivity index is 2.62. The van der Waals surface area contributed by atoms with Crippen molar-refractivity contribution in [2.45, 2.75) is 26.2 Å². The van der Waals surface area contributed by atoms with Crippen molar-refractivity contribution < 1.29 is 4.92 Å². The number of nitrogens with zero attached hydrogens (tertiary/aromatic N) is 1. The van der Waals surface area contributed by atoms with Crippen LogP contribution >= 0.6 is 0 Å². The van der Waals surface area contributed by atoms with Crippen LogP contribution in [0.15, 0.2) is 18.2 Å². The van der Waals surface area contributed by atoms with E-state index < -0.39 is 0 Å². The molecule has 90 valence electrons. The maximum absolute atomic E-state index is 10.9. The Morgan fingerprint density at radius 1 is 1.47 bits per heavy atom. The lowest BCUT2D eigenvalue weighted by Gasteiger charge is -2.07. The highest BCUT2D eigenvalue weighted by Gasteiger charge is 2.15. The molecule has 4 nitrogen and oxygen atoms in total. The summed E-state index contributed by atoms with van der Waals surface area (Å²) in [7, 11) is 0. The fourth-order valence-electron chi connectivity index (χ4n) is 1.62. The first-order chi connectivity index (χ1) is 8.16. The molecule has 0 aromatic heterocycles. The van der Waals surface area contributed by atoms with Gasteiger partial charge in [0.2, 0.25) is 0 Å². The highest BCUT2D eigenvalue weighted by molar-refractivity contribution is 5.64. The van der Waals surface area contributed by atoms with Gasteiger partial charge >= 0.3 is 0 Å². The molecule has 0 aliphatic heterocycles. The summed E-state index contributed by atoms with van der Waals surface area (Å²) >= 11 is 0. The lowest BCUT2D eigenvalue weighted by atomic mass is 10.1. The van der Waals surface area contributed by atoms with Gasteiger partial charge in [-0.15, -0.1) is 12.3 Å². The summed E-state index contributed by atoms with van der Waals surface area (Å²) in [5.74, 6) is 2.57. The molecule has 0 spiro atoms. The number of para-hydroxylation sites is 1. The van der Waals surface area contributed by atoms with E-state index in [1.165, 1.54) is 0 Å². The van der Waals surface area contributed by atoms with Gasteiger partial charge in [0.25, 0.3) is 5.69 Å². The minimum absolute atomic E-state index is 0.157. The number of anilines is 1. The van der Waals surface area contributed by atoms with E-state index in [9.17, 15) is 10.1 Å². The summed E-state index contributed by atoms with van der Waals surface area (Å²) in [6, 6.07) is 5.28. The number of benzene rings is 1. The molecule has 1 rings (SSSR count). The summed E-state index contributed by atoms with van der Waals surface area (Å²) in [6.45, 7) is 2.44. The van der Waals surface area contributed by atoms with Crippen molar-refractivity contribution in [2.75, 3.05) is 11.9 Å². The Morgan fingerprint density at radius 3 is 2.88 bits per heavy atom. The second kappa shape index (κ2) is 6.54. The Morgan fingerprint density at radius 2 is 2.24 bits per heavy atom. The number of hydrogen-bond acceptors (Lipinski definition) is 3. The number of rotatable bonds is 6. The lowest BCUT2D eigenvalue weighted by Crippen LogP contribution is -2.05. The standard InChI is InChI=1S/C13H16N2O2/c1-3-4-5-6-10-14-12-9-7-8-11(2)13(12)15(16)17/h1,7-9,14H,4-6,10H2,2H3. The van der Waals surface area contributed by atoms with Crippen molar-refractivity contribution in [1.29, 1.82) is 0 Å². The maximum atomic E-state index is 10.9. The molecule has 0 aliphatic rings. The first-order valence-electron chi connectivity index (χ1n) is 5.58. The van der Waals surface area contributed by atoms with Gasteiger partial charge in [0.15, 0.2) is 0 Å². The SMILES string of the molecule is C#CCCCCNc1cccc(C)c1[N+](=O)[O-]. The molecule has 0 unspecified atom stereocenters. The van der Waals surface area contributed by atoms with Crippen molar-refractivity contribution >= 4 is 11.4 Å². The molecule has 0 saturated heterocycles. The highest BCUT2D eigenvalue weighted by Crippen LogP contribution is 2.27. The molecular weight excluding hydrogens is 216 g/mol. The van der Waals surface area contributed by atoms with E-state index >= 15 is 0 Å². The van der Waals surface area contributed by atoms with Crippen LogP contribution in [0.5, 0.6) is 0 Å². The first kappa shape index (κ1) is 13.0. The topological polar surface area (TPSA) is 55.2 Å². The third-order valence-corrected chi connectivity index (χ3v) is 2.48. The van der Waals surface area contributed by atoms with Crippen LogP contribution in [-0.4, -0.2) is 11.5 Å². The number of nitrogens with one attached hydrogen (secondary N) is 1. The van der Waals surface area contributed by atoms with Gasteiger partial charge < -0.3 is 5.32 Å². The average molecular weight is 232 g/mol. The van der Waals surface area contributed by atoms with E-state index in [0.29, 0.717) is 17.8 Å². The van der Waals surface area contributed by atoms with Crippen LogP contribution in [0.1, 0.15) is 24.8 Å². The van der Waals surface area contributed by atoms with Crippen molar-refractivity contribution in [3.05, 3.63) is 33.9 Å². The average Bonchev–Trinajstić information content (AvgIpc) is 2.28. The second-order valence-electron chi connectivity index (χ2n) is 3.82. The normalized spacial score (nSPS) is 9.65. The molecule has 1 N–H and O–H groups in total. The Hall–Kier alpha value is -2.02. The van der Waals surface area contributed by atoms with E-state index in [0.717, 1.165) is 19.3 Å². The summed E-state index contributed by atoms with van der Waals surface area (Å²) < 4.78 is 0. The summed E-state index contributed by atoms with van der Waals surface area (Å²) in [4.78, 5) is 10.6. The molecule has 0 radical (unpaired) electrons. The molecule has 4 heteroatoms. The fraction of sp³-hybridized carbons (Fsp3) is 0.385. The van der Waals surface area contributed by atoms with E-state index in [-0.39, 0.29) is 10.6 Å². The largest absolute Gasteiger partial charge is 0.379 e. The molecule has 1 aromatic rings. The quantitative estimate of drug-likeness (QED) is 0.355. The molecule has 0 aliphatic carbocycles. The summed E-state index contributed by atoms with van der Waals surface area (Å²) in [6.07, 6.45) is 7.74. The zero-order chi connectivity index (χ0) is 12.7. The zero-order valence-corrected chi connectivity index (χ0v) is 9.90. The molecule has 0 saturated carbocycles. The van der Waals surface area contributed by atoms with E-state index in [4.69, 9.17) is 6.42 Å². The molecule has 17 heavy (non-hydrogen) atoms. The van der Waals surface area contributed by atoms with Crippen molar-refractivity contribution in [3.63, 3.8) is 0 Å². The van der Waals surface area contributed by atoms with Gasteiger partial charge in [-0.05, 0) is 25.8 Å². The van der Waals surface area contributed by atoms with Gasteiger partial charge in [-0.1, -0.05) is 12.1 Å². The van der Waals surface area contributed by atoms with Crippen LogP contribution in [0.2, 0.25) is 0 Å². The Labute approximate surface area is 101 Å². The molecule has 0 bridgehead atoms. The van der Waals surface area contributed by atoms with Crippen LogP contribution in [0.25, 0.3) is 0 Å². The summed E-state index contributed by atoms with van der Waals surface area (Å²) in [5, 5.41) is 14.0. The predicted octanol–water partition coefficient (Wildman–Crippen LogP) is 3.12. The number of nitro benzene ring substituents is 1. The molecule has 0 atom stereocenters. The lowest BCUT2D eigenvalue weighted by molar-refractivity contribution is -0.384. The first-order valence-corrected chi connectivity index (χ1v) is 5.58. The predicted molar refractivity (Wildman–Crippen MR) is 69.0 cm³/mol. The highest BCUT2D eigenvalue weighted by atomic mass is 16.6. The second-order valence-corrected chi connectivity index (χ2v) is 3.82. The molecule has 0 heterocycles. The van der Waals surface area contributed by atoms with Crippen molar-refractivity contribution in [3.8, 4) is 12.3 Å². The molecule has 0 amide bonds. The van der Waals surface area contributed by atoms with Crippen LogP contribution in [0.4, 0.5) is 11.4 Å². The van der Waals surface area contributed by atoms with E-state index in [1.54, 1.807) is 19.1 Å². The Kier molecular flexibility index (Phi) is 5.02. The third kappa shape index (κ3) is 3.80.